The number of hydrogen-bond acceptors (Lipinski definition) is 10. The predicted molar refractivity (Wildman–Crippen MR) is 403 cm³/mol. The van der Waals surface area contributed by atoms with Crippen LogP contribution in [-0.4, -0.2) is 100 Å². The third-order valence-electron chi connectivity index (χ3n) is 19.6. The zero-order valence-electron chi connectivity index (χ0n) is 62.4. The number of allylic oxidation sites excluding steroid dienone is 7. The smallest absolute Gasteiger partial charge is 0.305 e. The molecule has 1 amide bonds. The lowest BCUT2D eigenvalue weighted by molar-refractivity contribution is -0.302. The van der Waals surface area contributed by atoms with Crippen LogP contribution in [0.4, 0.5) is 0 Å². The Kier molecular flexibility index (Phi) is 69.5. The van der Waals surface area contributed by atoms with E-state index in [-0.39, 0.29) is 18.5 Å². The van der Waals surface area contributed by atoms with Gasteiger partial charge in [0.05, 0.1) is 32.0 Å². The summed E-state index contributed by atoms with van der Waals surface area (Å²) in [5.41, 5.74) is 0. The van der Waals surface area contributed by atoms with Crippen LogP contribution in [0.5, 0.6) is 0 Å². The third-order valence-corrected chi connectivity index (χ3v) is 19.6. The Bertz CT molecular complexity index is 1720. The van der Waals surface area contributed by atoms with Crippen molar-refractivity contribution in [2.45, 2.75) is 455 Å². The van der Waals surface area contributed by atoms with Crippen molar-refractivity contribution >= 4 is 11.9 Å². The van der Waals surface area contributed by atoms with E-state index in [0.29, 0.717) is 19.4 Å². The molecule has 1 rings (SSSR count). The Hall–Kier alpha value is -2.38. The molecule has 1 heterocycles. The van der Waals surface area contributed by atoms with Gasteiger partial charge in [-0.1, -0.05) is 364 Å². The molecule has 11 heteroatoms. The number of rotatable bonds is 74. The predicted octanol–water partition coefficient (Wildman–Crippen LogP) is 22.6. The number of hydrogen-bond donors (Lipinski definition) is 6. The van der Waals surface area contributed by atoms with E-state index in [2.05, 4.69) is 55.6 Å². The average Bonchev–Trinajstić information content (AvgIpc) is 0.929. The molecule has 1 saturated heterocycles. The van der Waals surface area contributed by atoms with Crippen LogP contribution in [0.2, 0.25) is 0 Å². The second-order valence-electron chi connectivity index (χ2n) is 28.8. The molecular weight excluding hydrogens is 1180 g/mol. The number of aliphatic hydroxyl groups excluding tert-OH is 5. The van der Waals surface area contributed by atoms with Gasteiger partial charge in [-0.25, -0.2) is 0 Å². The highest BCUT2D eigenvalue weighted by Gasteiger charge is 2.44. The van der Waals surface area contributed by atoms with Gasteiger partial charge in [0.1, 0.15) is 24.4 Å². The highest BCUT2D eigenvalue weighted by Crippen LogP contribution is 2.24. The zero-order valence-corrected chi connectivity index (χ0v) is 62.4. The highest BCUT2D eigenvalue weighted by molar-refractivity contribution is 5.76. The lowest BCUT2D eigenvalue weighted by Crippen LogP contribution is -2.60. The van der Waals surface area contributed by atoms with E-state index >= 15 is 0 Å². The zero-order chi connectivity index (χ0) is 68.6. The Morgan fingerprint density at radius 1 is 0.379 bits per heavy atom. The standard InChI is InChI=1S/C84H157NO10/c1-3-5-7-9-11-13-15-17-46-50-54-58-62-66-70-77(87)76(75-94-84-83(92)82(91)81(90)78(74-86)95-84)85-79(88)71-67-63-59-55-51-47-44-42-40-38-36-34-32-30-28-26-24-22-20-19-21-23-25-27-29-31-33-35-37-39-41-43-45-49-53-57-61-65-69-73-93-80(89)72-68-64-60-56-52-48-18-16-14-12-10-8-6-4-2/h13,15,19-20,50,54,66,70,76-78,81-84,86-87,90-92H,3-12,14,16-18,21-49,51-53,55-65,67-69,71-75H2,1-2H3,(H,85,88)/b15-13+,20-19-,54-50+,70-66+. The summed E-state index contributed by atoms with van der Waals surface area (Å²) in [6.07, 6.45) is 87.3. The maximum atomic E-state index is 13.1. The molecule has 7 atom stereocenters. The van der Waals surface area contributed by atoms with Gasteiger partial charge < -0.3 is 45.1 Å². The Labute approximate surface area is 586 Å². The SMILES string of the molecule is CCCCCC/C=C/CC/C=C/CC/C=C/C(O)C(COC1OC(CO)C(O)C(O)C1O)NC(=O)CCCCCCCCCCCCCCCCCCC/C=C\CCCCCCCCCCCCCCCCCCCCOC(=O)CCCCCCCCCCCCCCCC. The molecule has 1 aliphatic rings. The van der Waals surface area contributed by atoms with Crippen LogP contribution in [0.1, 0.15) is 412 Å². The molecule has 0 aromatic rings. The molecule has 0 saturated carbocycles. The van der Waals surface area contributed by atoms with E-state index in [4.69, 9.17) is 14.2 Å². The van der Waals surface area contributed by atoms with Crippen LogP contribution in [0.25, 0.3) is 0 Å². The average molecular weight is 1340 g/mol. The van der Waals surface area contributed by atoms with Gasteiger partial charge in [-0.3, -0.25) is 9.59 Å². The molecule has 6 N–H and O–H groups in total. The fourth-order valence-corrected chi connectivity index (χ4v) is 13.2. The van der Waals surface area contributed by atoms with Crippen molar-refractivity contribution in [1.29, 1.82) is 0 Å². The molecule has 0 aromatic heterocycles. The topological polar surface area (TPSA) is 175 Å². The Morgan fingerprint density at radius 3 is 1.05 bits per heavy atom. The lowest BCUT2D eigenvalue weighted by atomic mass is 9.99. The molecule has 95 heavy (non-hydrogen) atoms. The Balaban J connectivity index is 1.90. The molecule has 0 aliphatic carbocycles. The number of carbonyl (C=O) groups excluding carboxylic acids is 2. The number of nitrogens with one attached hydrogen (secondary N) is 1. The molecule has 558 valence electrons. The van der Waals surface area contributed by atoms with Crippen molar-refractivity contribution in [2.24, 2.45) is 0 Å². The van der Waals surface area contributed by atoms with Gasteiger partial charge in [-0.15, -0.1) is 0 Å². The van der Waals surface area contributed by atoms with Crippen LogP contribution in [0.3, 0.4) is 0 Å². The summed E-state index contributed by atoms with van der Waals surface area (Å²) in [7, 11) is 0. The number of carbonyl (C=O) groups is 2. The molecule has 0 aromatic carbocycles. The number of ether oxygens (including phenoxy) is 3. The van der Waals surface area contributed by atoms with Gasteiger partial charge in [0, 0.05) is 12.8 Å². The first kappa shape index (κ1) is 90.6. The molecule has 0 radical (unpaired) electrons. The molecule has 1 aliphatic heterocycles. The summed E-state index contributed by atoms with van der Waals surface area (Å²) >= 11 is 0. The van der Waals surface area contributed by atoms with E-state index in [9.17, 15) is 35.1 Å². The molecule has 7 unspecified atom stereocenters. The van der Waals surface area contributed by atoms with Gasteiger partial charge >= 0.3 is 5.97 Å². The second kappa shape index (κ2) is 72.9. The van der Waals surface area contributed by atoms with Crippen LogP contribution in [0.15, 0.2) is 48.6 Å². The molecule has 11 nitrogen and oxygen atoms in total. The minimum Gasteiger partial charge on any atom is -0.466 e. The third kappa shape index (κ3) is 61.2. The fourth-order valence-electron chi connectivity index (χ4n) is 13.2. The van der Waals surface area contributed by atoms with Crippen LogP contribution in [-0.2, 0) is 23.8 Å². The van der Waals surface area contributed by atoms with Gasteiger partial charge in [0.25, 0.3) is 0 Å². The number of unbranched alkanes of at least 4 members (excludes halogenated alkanes) is 54. The first-order valence-electron chi connectivity index (χ1n) is 41.4. The summed E-state index contributed by atoms with van der Waals surface area (Å²) in [5, 5.41) is 54.6. The molecular formula is C84H157NO10. The van der Waals surface area contributed by atoms with Crippen molar-refractivity contribution < 1.29 is 49.3 Å². The maximum absolute atomic E-state index is 13.1. The monoisotopic (exact) mass is 1340 g/mol. The lowest BCUT2D eigenvalue weighted by Gasteiger charge is -2.40. The van der Waals surface area contributed by atoms with E-state index in [1.54, 1.807) is 6.08 Å². The second-order valence-corrected chi connectivity index (χ2v) is 28.8. The minimum atomic E-state index is -1.58. The normalized spacial score (nSPS) is 17.6. The minimum absolute atomic E-state index is 0.0194. The summed E-state index contributed by atoms with van der Waals surface area (Å²) in [6, 6.07) is -0.832. The number of amides is 1. The van der Waals surface area contributed by atoms with Crippen LogP contribution >= 0.6 is 0 Å². The first-order chi connectivity index (χ1) is 46.7. The first-order valence-corrected chi connectivity index (χ1v) is 41.4. The Morgan fingerprint density at radius 2 is 0.684 bits per heavy atom. The van der Waals surface area contributed by atoms with Crippen molar-refractivity contribution in [2.75, 3.05) is 19.8 Å². The van der Waals surface area contributed by atoms with Gasteiger partial charge in [-0.05, 0) is 83.5 Å². The molecule has 0 bridgehead atoms. The van der Waals surface area contributed by atoms with E-state index in [1.807, 2.05) is 6.08 Å². The molecule has 1 fully saturated rings. The van der Waals surface area contributed by atoms with Gasteiger partial charge in [0.2, 0.25) is 5.91 Å². The quantitative estimate of drug-likeness (QED) is 0.0195. The number of esters is 1. The van der Waals surface area contributed by atoms with Gasteiger partial charge in [-0.2, -0.15) is 0 Å². The largest absolute Gasteiger partial charge is 0.466 e. The van der Waals surface area contributed by atoms with Crippen LogP contribution in [0, 0.1) is 0 Å². The summed E-state index contributed by atoms with van der Waals surface area (Å²) in [4.78, 5) is 25.2. The summed E-state index contributed by atoms with van der Waals surface area (Å²) < 4.78 is 16.8. The summed E-state index contributed by atoms with van der Waals surface area (Å²) in [5.74, 6) is -0.171. The molecule has 0 spiro atoms. The van der Waals surface area contributed by atoms with E-state index in [1.165, 1.54) is 321 Å². The van der Waals surface area contributed by atoms with Crippen molar-refractivity contribution in [3.05, 3.63) is 48.6 Å². The van der Waals surface area contributed by atoms with E-state index in [0.717, 1.165) is 64.2 Å². The van der Waals surface area contributed by atoms with Crippen molar-refractivity contribution in [3.8, 4) is 0 Å². The fraction of sp³-hybridized carbons (Fsp3) is 0.881. The highest BCUT2D eigenvalue weighted by atomic mass is 16.7. The van der Waals surface area contributed by atoms with Crippen LogP contribution < -0.4 is 5.32 Å². The van der Waals surface area contributed by atoms with Crippen molar-refractivity contribution in [1.82, 2.24) is 5.32 Å². The summed E-state index contributed by atoms with van der Waals surface area (Å²) in [6.45, 7) is 4.36. The maximum Gasteiger partial charge on any atom is 0.305 e. The van der Waals surface area contributed by atoms with Crippen molar-refractivity contribution in [3.63, 3.8) is 0 Å². The number of aliphatic hydroxyl groups is 5. The van der Waals surface area contributed by atoms with Gasteiger partial charge in [0.15, 0.2) is 6.29 Å². The van der Waals surface area contributed by atoms with E-state index < -0.39 is 49.5 Å².